The summed E-state index contributed by atoms with van der Waals surface area (Å²) in [7, 11) is 0. The lowest BCUT2D eigenvalue weighted by Crippen LogP contribution is -2.40. The van der Waals surface area contributed by atoms with E-state index in [0.29, 0.717) is 29.2 Å². The van der Waals surface area contributed by atoms with Crippen LogP contribution in [0.3, 0.4) is 0 Å². The Morgan fingerprint density at radius 2 is 2.08 bits per heavy atom. The monoisotopic (exact) mass is 333 g/mol. The molecule has 24 heavy (non-hydrogen) atoms. The molecule has 2 aromatic heterocycles. The Hall–Kier alpha value is -1.86. The number of aromatic nitrogens is 3. The summed E-state index contributed by atoms with van der Waals surface area (Å²) in [5, 5.41) is 3.92. The van der Waals surface area contributed by atoms with Gasteiger partial charge in [-0.05, 0) is 43.2 Å². The Kier molecular flexibility index (Phi) is 4.28. The number of hydrogen-bond donors (Lipinski definition) is 0. The van der Waals surface area contributed by atoms with Gasteiger partial charge in [0.1, 0.15) is 11.5 Å². The third-order valence-corrected chi connectivity index (χ3v) is 5.00. The maximum atomic E-state index is 12.9. The van der Waals surface area contributed by atoms with Crippen LogP contribution < -0.4 is 0 Å². The normalized spacial score (nSPS) is 23.5. The van der Waals surface area contributed by atoms with Crippen LogP contribution in [0.2, 0.25) is 0 Å². The molecule has 2 aromatic rings. The molecule has 2 aliphatic rings. The van der Waals surface area contributed by atoms with Gasteiger partial charge in [-0.1, -0.05) is 5.16 Å². The van der Waals surface area contributed by atoms with Crippen molar-refractivity contribution in [3.63, 3.8) is 0 Å². The van der Waals surface area contributed by atoms with Crippen LogP contribution in [0, 0.1) is 11.2 Å². The molecule has 0 saturated carbocycles. The Balaban J connectivity index is 1.36. The van der Waals surface area contributed by atoms with Crippen molar-refractivity contribution in [2.45, 2.75) is 38.2 Å². The van der Waals surface area contributed by atoms with E-state index in [9.17, 15) is 4.39 Å². The zero-order valence-corrected chi connectivity index (χ0v) is 13.4. The van der Waals surface area contributed by atoms with Crippen LogP contribution >= 0.6 is 0 Å². The van der Waals surface area contributed by atoms with E-state index in [1.54, 1.807) is 0 Å². The number of hydrogen-bond acceptors (Lipinski definition) is 6. The van der Waals surface area contributed by atoms with Crippen LogP contribution in [0.1, 0.15) is 31.6 Å². The molecule has 0 bridgehead atoms. The van der Waals surface area contributed by atoms with Gasteiger partial charge >= 0.3 is 0 Å². The van der Waals surface area contributed by atoms with Gasteiger partial charge < -0.3 is 14.0 Å². The average Bonchev–Trinajstić information content (AvgIpc) is 3.07. The standard InChI is InChI=1S/C17H20FN3O3/c18-12-1-2-14(19-10-12)16-20-15(24-21-16)9-13-3-4-17(11-23-13)5-7-22-8-6-17/h1-2,10,13H,3-9,11H2. The smallest absolute Gasteiger partial charge is 0.229 e. The minimum atomic E-state index is -0.389. The van der Waals surface area contributed by atoms with Gasteiger partial charge in [0, 0.05) is 13.2 Å². The second-order valence-electron chi connectivity index (χ2n) is 6.66. The first-order valence-corrected chi connectivity index (χ1v) is 8.36. The predicted octanol–water partition coefficient (Wildman–Crippen LogP) is 2.79. The number of nitrogens with zero attached hydrogens (tertiary/aromatic N) is 3. The molecular weight excluding hydrogens is 313 g/mol. The fraction of sp³-hybridized carbons (Fsp3) is 0.588. The minimum Gasteiger partial charge on any atom is -0.381 e. The summed E-state index contributed by atoms with van der Waals surface area (Å²) in [6, 6.07) is 2.87. The van der Waals surface area contributed by atoms with E-state index in [-0.39, 0.29) is 11.9 Å². The Morgan fingerprint density at radius 1 is 1.21 bits per heavy atom. The largest absolute Gasteiger partial charge is 0.381 e. The van der Waals surface area contributed by atoms with Gasteiger partial charge in [0.25, 0.3) is 0 Å². The highest BCUT2D eigenvalue weighted by molar-refractivity contribution is 5.47. The molecule has 0 radical (unpaired) electrons. The molecule has 4 heterocycles. The highest BCUT2D eigenvalue weighted by Crippen LogP contribution is 2.40. The quantitative estimate of drug-likeness (QED) is 0.860. The lowest BCUT2D eigenvalue weighted by Gasteiger charge is -2.42. The molecule has 0 amide bonds. The lowest BCUT2D eigenvalue weighted by molar-refractivity contribution is -0.106. The van der Waals surface area contributed by atoms with Gasteiger partial charge in [-0.25, -0.2) is 9.37 Å². The maximum Gasteiger partial charge on any atom is 0.229 e. The van der Waals surface area contributed by atoms with Crippen LogP contribution in [-0.2, 0) is 15.9 Å². The van der Waals surface area contributed by atoms with E-state index in [2.05, 4.69) is 15.1 Å². The predicted molar refractivity (Wildman–Crippen MR) is 82.7 cm³/mol. The van der Waals surface area contributed by atoms with Crippen molar-refractivity contribution in [2.75, 3.05) is 19.8 Å². The highest BCUT2D eigenvalue weighted by atomic mass is 19.1. The van der Waals surface area contributed by atoms with E-state index < -0.39 is 0 Å². The summed E-state index contributed by atoms with van der Waals surface area (Å²) in [6.07, 6.45) is 6.16. The Bertz CT molecular complexity index is 673. The molecule has 2 aliphatic heterocycles. The molecule has 1 spiro atoms. The van der Waals surface area contributed by atoms with E-state index in [0.717, 1.165) is 51.7 Å². The van der Waals surface area contributed by atoms with Gasteiger partial charge in [-0.15, -0.1) is 0 Å². The van der Waals surface area contributed by atoms with Gasteiger partial charge in [0.15, 0.2) is 0 Å². The van der Waals surface area contributed by atoms with Crippen molar-refractivity contribution < 1.29 is 18.4 Å². The first kappa shape index (κ1) is 15.7. The van der Waals surface area contributed by atoms with Crippen molar-refractivity contribution in [1.82, 2.24) is 15.1 Å². The molecule has 128 valence electrons. The summed E-state index contributed by atoms with van der Waals surface area (Å²) in [5.41, 5.74) is 0.796. The van der Waals surface area contributed by atoms with E-state index in [1.807, 2.05) is 0 Å². The summed E-state index contributed by atoms with van der Waals surface area (Å²) in [5.74, 6) is 0.519. The molecule has 2 fully saturated rings. The SMILES string of the molecule is Fc1ccc(-c2noc(CC3CCC4(CCOCC4)CO3)n2)nc1. The van der Waals surface area contributed by atoms with Gasteiger partial charge in [0.05, 0.1) is 25.3 Å². The zero-order valence-electron chi connectivity index (χ0n) is 13.4. The van der Waals surface area contributed by atoms with Gasteiger partial charge in [-0.3, -0.25) is 0 Å². The first-order valence-electron chi connectivity index (χ1n) is 8.36. The van der Waals surface area contributed by atoms with E-state index in [4.69, 9.17) is 14.0 Å². The van der Waals surface area contributed by atoms with E-state index >= 15 is 0 Å². The van der Waals surface area contributed by atoms with Crippen molar-refractivity contribution in [1.29, 1.82) is 0 Å². The molecule has 7 heteroatoms. The van der Waals surface area contributed by atoms with Crippen molar-refractivity contribution in [3.05, 3.63) is 30.0 Å². The molecule has 0 N–H and O–H groups in total. The van der Waals surface area contributed by atoms with Crippen LogP contribution in [-0.4, -0.2) is 41.0 Å². The highest BCUT2D eigenvalue weighted by Gasteiger charge is 2.37. The fourth-order valence-electron chi connectivity index (χ4n) is 3.42. The van der Waals surface area contributed by atoms with Gasteiger partial charge in [0.2, 0.25) is 11.7 Å². The Labute approximate surface area is 139 Å². The molecular formula is C17H20FN3O3. The fourth-order valence-corrected chi connectivity index (χ4v) is 3.42. The number of pyridine rings is 1. The zero-order chi connectivity index (χ0) is 16.4. The first-order chi connectivity index (χ1) is 11.7. The van der Waals surface area contributed by atoms with Crippen LogP contribution in [0.5, 0.6) is 0 Å². The minimum absolute atomic E-state index is 0.105. The summed E-state index contributed by atoms with van der Waals surface area (Å²) >= 11 is 0. The molecule has 0 aromatic carbocycles. The molecule has 0 aliphatic carbocycles. The van der Waals surface area contributed by atoms with E-state index in [1.165, 1.54) is 12.1 Å². The maximum absolute atomic E-state index is 12.9. The van der Waals surface area contributed by atoms with Crippen LogP contribution in [0.4, 0.5) is 4.39 Å². The van der Waals surface area contributed by atoms with Crippen molar-refractivity contribution >= 4 is 0 Å². The number of halogens is 1. The molecule has 1 unspecified atom stereocenters. The average molecular weight is 333 g/mol. The van der Waals surface area contributed by atoms with Crippen LogP contribution in [0.25, 0.3) is 11.5 Å². The number of ether oxygens (including phenoxy) is 2. The lowest BCUT2D eigenvalue weighted by atomic mass is 9.75. The van der Waals surface area contributed by atoms with Crippen LogP contribution in [0.15, 0.2) is 22.9 Å². The molecule has 6 nitrogen and oxygen atoms in total. The number of rotatable bonds is 3. The molecule has 2 saturated heterocycles. The third kappa shape index (κ3) is 3.32. The molecule has 4 rings (SSSR count). The third-order valence-electron chi connectivity index (χ3n) is 5.00. The molecule has 1 atom stereocenters. The summed E-state index contributed by atoms with van der Waals surface area (Å²) < 4.78 is 29.7. The van der Waals surface area contributed by atoms with Crippen molar-refractivity contribution in [2.24, 2.45) is 5.41 Å². The summed E-state index contributed by atoms with van der Waals surface area (Å²) in [6.45, 7) is 2.46. The van der Waals surface area contributed by atoms with Gasteiger partial charge in [-0.2, -0.15) is 4.98 Å². The Morgan fingerprint density at radius 3 is 2.79 bits per heavy atom. The summed E-state index contributed by atoms with van der Waals surface area (Å²) in [4.78, 5) is 8.31. The topological polar surface area (TPSA) is 70.3 Å². The second-order valence-corrected chi connectivity index (χ2v) is 6.66. The second kappa shape index (κ2) is 6.57. The van der Waals surface area contributed by atoms with Crippen molar-refractivity contribution in [3.8, 4) is 11.5 Å².